The van der Waals surface area contributed by atoms with Crippen molar-refractivity contribution >= 4 is 44.5 Å². The first-order chi connectivity index (χ1) is 12.8. The van der Waals surface area contributed by atoms with E-state index in [-0.39, 0.29) is 10.6 Å². The molecule has 0 aliphatic carbocycles. The molecule has 10 heteroatoms. The van der Waals surface area contributed by atoms with Gasteiger partial charge in [-0.25, -0.2) is 18.2 Å². The minimum atomic E-state index is -3.41. The number of hydrogen-bond donors (Lipinski definition) is 2. The van der Waals surface area contributed by atoms with Crippen molar-refractivity contribution in [1.29, 1.82) is 0 Å². The number of imidazole rings is 1. The summed E-state index contributed by atoms with van der Waals surface area (Å²) < 4.78 is 33.2. The topological polar surface area (TPSA) is 102 Å². The molecule has 0 saturated carbocycles. The molecule has 0 radical (unpaired) electrons. The van der Waals surface area contributed by atoms with Gasteiger partial charge in [0.25, 0.3) is 0 Å². The lowest BCUT2D eigenvalue weighted by Crippen LogP contribution is -2.23. The van der Waals surface area contributed by atoms with Gasteiger partial charge in [0.2, 0.25) is 0 Å². The van der Waals surface area contributed by atoms with Gasteiger partial charge in [0.1, 0.15) is 11.3 Å². The molecule has 1 aromatic heterocycles. The van der Waals surface area contributed by atoms with E-state index in [1.54, 1.807) is 6.33 Å². The maximum absolute atomic E-state index is 12.3. The van der Waals surface area contributed by atoms with Gasteiger partial charge in [-0.15, -0.1) is 0 Å². The number of carbonyl (C=O) groups excluding carboxylic acids is 1. The van der Waals surface area contributed by atoms with Crippen LogP contribution in [0, 0.1) is 0 Å². The van der Waals surface area contributed by atoms with Gasteiger partial charge < -0.3 is 14.6 Å². The summed E-state index contributed by atoms with van der Waals surface area (Å²) in [6.45, 7) is 0. The predicted octanol–water partition coefficient (Wildman–Crippen LogP) is 2.81. The molecule has 0 saturated heterocycles. The summed E-state index contributed by atoms with van der Waals surface area (Å²) in [5.74, 6) is 0.356. The first kappa shape index (κ1) is 19.1. The van der Waals surface area contributed by atoms with Crippen LogP contribution in [0.5, 0.6) is 5.75 Å². The molecule has 0 spiro atoms. The molecule has 2 N–H and O–H groups in total. The molecule has 0 fully saturated rings. The number of fused-ring (bicyclic) bond motifs is 1. The number of aryl methyl sites for hydroxylation is 1. The molecule has 0 bridgehead atoms. The number of methoxy groups -OCH3 is 1. The number of ether oxygens (including phenoxy) is 1. The van der Waals surface area contributed by atoms with Crippen molar-refractivity contribution in [2.75, 3.05) is 18.7 Å². The second-order valence-electron chi connectivity index (χ2n) is 5.77. The Morgan fingerprint density at radius 1 is 1.26 bits per heavy atom. The van der Waals surface area contributed by atoms with Gasteiger partial charge in [0, 0.05) is 13.3 Å². The molecule has 0 aliphatic rings. The SMILES string of the molecule is COc1ccc(S(C)(=O)=O)cc1NC(=O)NSc1cccc2c1ncn2C. The Morgan fingerprint density at radius 2 is 2.04 bits per heavy atom. The van der Waals surface area contributed by atoms with E-state index in [2.05, 4.69) is 15.0 Å². The van der Waals surface area contributed by atoms with Gasteiger partial charge in [-0.2, -0.15) is 0 Å². The fourth-order valence-electron chi connectivity index (χ4n) is 2.48. The van der Waals surface area contributed by atoms with Crippen LogP contribution in [-0.4, -0.2) is 37.4 Å². The van der Waals surface area contributed by atoms with Crippen molar-refractivity contribution in [1.82, 2.24) is 14.3 Å². The van der Waals surface area contributed by atoms with Crippen LogP contribution in [0.15, 0.2) is 52.5 Å². The second kappa shape index (κ2) is 7.49. The molecule has 27 heavy (non-hydrogen) atoms. The second-order valence-corrected chi connectivity index (χ2v) is 8.64. The average Bonchev–Trinajstić information content (AvgIpc) is 3.01. The number of nitrogens with zero attached hydrogens (tertiary/aromatic N) is 2. The van der Waals surface area contributed by atoms with E-state index in [0.29, 0.717) is 5.75 Å². The highest BCUT2D eigenvalue weighted by Crippen LogP contribution is 2.28. The van der Waals surface area contributed by atoms with Crippen LogP contribution in [0.1, 0.15) is 0 Å². The van der Waals surface area contributed by atoms with E-state index in [9.17, 15) is 13.2 Å². The van der Waals surface area contributed by atoms with Gasteiger partial charge in [-0.3, -0.25) is 4.72 Å². The molecule has 0 atom stereocenters. The number of hydrogen-bond acceptors (Lipinski definition) is 6. The number of carbonyl (C=O) groups is 1. The van der Waals surface area contributed by atoms with Crippen molar-refractivity contribution in [2.24, 2.45) is 7.05 Å². The summed E-state index contributed by atoms with van der Waals surface area (Å²) in [6, 6.07) is 9.43. The van der Waals surface area contributed by atoms with Crippen LogP contribution >= 0.6 is 11.9 Å². The fourth-order valence-corrected chi connectivity index (χ4v) is 3.78. The van der Waals surface area contributed by atoms with E-state index >= 15 is 0 Å². The highest BCUT2D eigenvalue weighted by atomic mass is 32.2. The number of sulfone groups is 1. The molecular weight excluding hydrogens is 388 g/mol. The Balaban J connectivity index is 1.76. The van der Waals surface area contributed by atoms with Crippen LogP contribution in [0.3, 0.4) is 0 Å². The minimum absolute atomic E-state index is 0.0875. The van der Waals surface area contributed by atoms with Gasteiger partial charge >= 0.3 is 6.03 Å². The standard InChI is InChI=1S/C17H18N4O4S2/c1-21-10-18-16-13(21)5-4-6-15(16)26-20-17(22)19-12-9-11(27(3,23)24)7-8-14(12)25-2/h4-10H,1-3H3,(H2,19,20,22). The van der Waals surface area contributed by atoms with Crippen LogP contribution < -0.4 is 14.8 Å². The Morgan fingerprint density at radius 3 is 2.74 bits per heavy atom. The molecule has 8 nitrogen and oxygen atoms in total. The number of aromatic nitrogens is 2. The average molecular weight is 406 g/mol. The van der Waals surface area contributed by atoms with Crippen molar-refractivity contribution in [2.45, 2.75) is 9.79 Å². The Labute approximate surface area is 161 Å². The summed E-state index contributed by atoms with van der Waals surface area (Å²) >= 11 is 1.12. The Hall–Kier alpha value is -2.72. The molecule has 3 rings (SSSR count). The summed E-state index contributed by atoms with van der Waals surface area (Å²) in [6.07, 6.45) is 2.80. The Bertz CT molecular complexity index is 1110. The van der Waals surface area contributed by atoms with Crippen molar-refractivity contribution in [3.8, 4) is 5.75 Å². The van der Waals surface area contributed by atoms with Crippen LogP contribution in [-0.2, 0) is 16.9 Å². The molecule has 2 amide bonds. The van der Waals surface area contributed by atoms with Gasteiger partial charge in [0.05, 0.1) is 34.4 Å². The van der Waals surface area contributed by atoms with E-state index < -0.39 is 15.9 Å². The van der Waals surface area contributed by atoms with Gasteiger partial charge in [0.15, 0.2) is 9.84 Å². The molecule has 0 unspecified atom stereocenters. The molecule has 0 aliphatic heterocycles. The largest absolute Gasteiger partial charge is 0.495 e. The van der Waals surface area contributed by atoms with Crippen molar-refractivity contribution < 1.29 is 17.9 Å². The zero-order chi connectivity index (χ0) is 19.6. The number of anilines is 1. The van der Waals surface area contributed by atoms with Crippen molar-refractivity contribution in [3.05, 3.63) is 42.7 Å². The van der Waals surface area contributed by atoms with E-state index in [1.165, 1.54) is 25.3 Å². The number of amides is 2. The van der Waals surface area contributed by atoms with Crippen LogP contribution in [0.25, 0.3) is 11.0 Å². The third-order valence-corrected chi connectivity index (χ3v) is 5.77. The first-order valence-corrected chi connectivity index (χ1v) is 10.5. The van der Waals surface area contributed by atoms with Gasteiger partial charge in [-0.1, -0.05) is 6.07 Å². The summed E-state index contributed by atoms with van der Waals surface area (Å²) in [4.78, 5) is 17.5. The normalized spacial score (nSPS) is 11.4. The maximum Gasteiger partial charge on any atom is 0.329 e. The fraction of sp³-hybridized carbons (Fsp3) is 0.176. The number of rotatable bonds is 5. The van der Waals surface area contributed by atoms with E-state index in [1.807, 2.05) is 29.8 Å². The number of nitrogens with one attached hydrogen (secondary N) is 2. The van der Waals surface area contributed by atoms with Crippen LogP contribution in [0.2, 0.25) is 0 Å². The number of benzene rings is 2. The lowest BCUT2D eigenvalue weighted by molar-refractivity contribution is 0.257. The van der Waals surface area contributed by atoms with Crippen LogP contribution in [0.4, 0.5) is 10.5 Å². The van der Waals surface area contributed by atoms with E-state index in [0.717, 1.165) is 34.1 Å². The lowest BCUT2D eigenvalue weighted by atomic mass is 10.3. The first-order valence-electron chi connectivity index (χ1n) is 7.81. The zero-order valence-electron chi connectivity index (χ0n) is 14.9. The summed E-state index contributed by atoms with van der Waals surface area (Å²) in [5, 5.41) is 2.61. The monoisotopic (exact) mass is 406 g/mol. The summed E-state index contributed by atoms with van der Waals surface area (Å²) in [7, 11) is -0.0731. The third kappa shape index (κ3) is 4.17. The maximum atomic E-state index is 12.3. The molecule has 2 aromatic carbocycles. The quantitative estimate of drug-likeness (QED) is 0.632. The highest BCUT2D eigenvalue weighted by molar-refractivity contribution is 7.98. The molecule has 1 heterocycles. The summed E-state index contributed by atoms with van der Waals surface area (Å²) in [5.41, 5.74) is 1.99. The smallest absolute Gasteiger partial charge is 0.329 e. The van der Waals surface area contributed by atoms with E-state index in [4.69, 9.17) is 4.74 Å². The highest BCUT2D eigenvalue weighted by Gasteiger charge is 2.14. The number of urea groups is 1. The molecule has 3 aromatic rings. The zero-order valence-corrected chi connectivity index (χ0v) is 16.5. The van der Waals surface area contributed by atoms with Crippen molar-refractivity contribution in [3.63, 3.8) is 0 Å². The Kier molecular flexibility index (Phi) is 5.29. The van der Waals surface area contributed by atoms with Gasteiger partial charge in [-0.05, 0) is 42.3 Å². The predicted molar refractivity (Wildman–Crippen MR) is 105 cm³/mol. The molecule has 142 valence electrons. The number of para-hydroxylation sites is 1. The molecular formula is C17H18N4O4S2. The minimum Gasteiger partial charge on any atom is -0.495 e. The third-order valence-electron chi connectivity index (χ3n) is 3.82. The lowest BCUT2D eigenvalue weighted by Gasteiger charge is -2.12.